The summed E-state index contributed by atoms with van der Waals surface area (Å²) in [6.07, 6.45) is 0. The maximum absolute atomic E-state index is 11.2. The zero-order valence-electron chi connectivity index (χ0n) is 8.46. The summed E-state index contributed by atoms with van der Waals surface area (Å²) < 4.78 is 4.42. The highest BCUT2D eigenvalue weighted by Gasteiger charge is 2.21. The van der Waals surface area contributed by atoms with Gasteiger partial charge in [-0.25, -0.2) is 4.63 Å². The largest absolute Gasteiger partial charge is 0.316 e. The van der Waals surface area contributed by atoms with Crippen molar-refractivity contribution in [1.29, 1.82) is 0 Å². The van der Waals surface area contributed by atoms with Crippen molar-refractivity contribution in [2.45, 2.75) is 0 Å². The van der Waals surface area contributed by atoms with Crippen LogP contribution in [0.4, 0.5) is 5.69 Å². The predicted molar refractivity (Wildman–Crippen MR) is 57.2 cm³/mol. The summed E-state index contributed by atoms with van der Waals surface area (Å²) >= 11 is 0. The highest BCUT2D eigenvalue weighted by Crippen LogP contribution is 2.27. The second kappa shape index (κ2) is 3.23. The molecule has 0 amide bonds. The molecule has 0 aliphatic heterocycles. The zero-order chi connectivity index (χ0) is 12.9. The van der Waals surface area contributed by atoms with Crippen LogP contribution in [0.3, 0.4) is 0 Å². The average Bonchev–Trinajstić information content (AvgIpc) is 2.79. The lowest BCUT2D eigenvalue weighted by molar-refractivity contribution is -0.383. The van der Waals surface area contributed by atoms with Crippen LogP contribution in [0.15, 0.2) is 20.3 Å². The Morgan fingerprint density at radius 1 is 1.17 bits per heavy atom. The number of fused-ring (bicyclic) bond motifs is 3. The molecule has 0 atom stereocenters. The first-order valence-corrected chi connectivity index (χ1v) is 4.64. The molecule has 2 heterocycles. The third-order valence-corrected chi connectivity index (χ3v) is 2.41. The van der Waals surface area contributed by atoms with E-state index in [1.165, 1.54) is 0 Å². The van der Waals surface area contributed by atoms with Crippen molar-refractivity contribution < 1.29 is 9.55 Å². The third kappa shape index (κ3) is 1.22. The molecule has 0 unspecified atom stereocenters. The fourth-order valence-electron chi connectivity index (χ4n) is 1.64. The van der Waals surface area contributed by atoms with Crippen LogP contribution in [0.5, 0.6) is 0 Å². The molecule has 0 saturated carbocycles. The van der Waals surface area contributed by atoms with Crippen molar-refractivity contribution in [2.75, 3.05) is 0 Å². The second-order valence-corrected chi connectivity index (χ2v) is 3.45. The highest BCUT2D eigenvalue weighted by atomic mass is 16.6. The lowest BCUT2D eigenvalue weighted by Crippen LogP contribution is -2.29. The van der Waals surface area contributed by atoms with Gasteiger partial charge < -0.3 is 9.97 Å². The standard InChI is InChI=1S/C8H3N5O5/c14-7-8(15)10-4-2(9-7)1-3(13(16)17)5-6(4)12-18-11-5/h1H,(H,9,14)(H,10,15). The fraction of sp³-hybridized carbons (Fsp3) is 0. The summed E-state index contributed by atoms with van der Waals surface area (Å²) in [6, 6.07) is 1.08. The molecule has 0 bridgehead atoms. The minimum Gasteiger partial charge on any atom is -0.316 e. The molecular weight excluding hydrogens is 246 g/mol. The minimum absolute atomic E-state index is 0.00699. The Hall–Kier alpha value is -3.04. The molecule has 90 valence electrons. The van der Waals surface area contributed by atoms with Gasteiger partial charge in [0.1, 0.15) is 0 Å². The Morgan fingerprint density at radius 2 is 1.83 bits per heavy atom. The Balaban J connectivity index is 2.64. The van der Waals surface area contributed by atoms with Gasteiger partial charge in [0.15, 0.2) is 5.52 Å². The minimum atomic E-state index is -0.910. The first-order chi connectivity index (χ1) is 8.58. The molecule has 0 fully saturated rings. The molecule has 0 saturated heterocycles. The number of non-ortho nitro benzene ring substituents is 1. The van der Waals surface area contributed by atoms with Crippen molar-refractivity contribution in [3.63, 3.8) is 0 Å². The van der Waals surface area contributed by atoms with Crippen LogP contribution in [-0.2, 0) is 0 Å². The summed E-state index contributed by atoms with van der Waals surface area (Å²) in [5.74, 6) is 0. The molecule has 2 aromatic heterocycles. The number of nitrogens with one attached hydrogen (secondary N) is 2. The van der Waals surface area contributed by atoms with E-state index < -0.39 is 16.0 Å². The van der Waals surface area contributed by atoms with Crippen LogP contribution < -0.4 is 11.1 Å². The van der Waals surface area contributed by atoms with Gasteiger partial charge in [0.25, 0.3) is 0 Å². The van der Waals surface area contributed by atoms with E-state index in [-0.39, 0.29) is 27.8 Å². The molecule has 0 radical (unpaired) electrons. The maximum Gasteiger partial charge on any atom is 0.314 e. The molecule has 1 aromatic carbocycles. The second-order valence-electron chi connectivity index (χ2n) is 3.45. The molecular formula is C8H3N5O5. The normalized spacial score (nSPS) is 11.1. The van der Waals surface area contributed by atoms with Crippen molar-refractivity contribution in [1.82, 2.24) is 20.3 Å². The SMILES string of the molecule is O=c1[nH]c2cc([N+](=O)[O-])c3nonc3c2[nH]c1=O. The fourth-order valence-corrected chi connectivity index (χ4v) is 1.64. The summed E-state index contributed by atoms with van der Waals surface area (Å²) in [5, 5.41) is 17.7. The molecule has 18 heavy (non-hydrogen) atoms. The topological polar surface area (TPSA) is 148 Å². The Morgan fingerprint density at radius 3 is 2.56 bits per heavy atom. The van der Waals surface area contributed by atoms with Crippen LogP contribution in [0, 0.1) is 10.1 Å². The van der Waals surface area contributed by atoms with Crippen LogP contribution in [0.25, 0.3) is 22.1 Å². The van der Waals surface area contributed by atoms with Gasteiger partial charge in [-0.3, -0.25) is 19.7 Å². The third-order valence-electron chi connectivity index (χ3n) is 2.41. The number of H-pyrrole nitrogens is 2. The van der Waals surface area contributed by atoms with Crippen molar-refractivity contribution in [3.8, 4) is 0 Å². The molecule has 3 rings (SSSR count). The number of aromatic nitrogens is 4. The van der Waals surface area contributed by atoms with Gasteiger partial charge in [-0.15, -0.1) is 0 Å². The smallest absolute Gasteiger partial charge is 0.314 e. The molecule has 0 aliphatic carbocycles. The highest BCUT2D eigenvalue weighted by molar-refractivity contribution is 6.03. The van der Waals surface area contributed by atoms with Gasteiger partial charge in [-0.2, -0.15) is 0 Å². The van der Waals surface area contributed by atoms with Crippen LogP contribution in [0.2, 0.25) is 0 Å². The number of nitrogens with zero attached hydrogens (tertiary/aromatic N) is 3. The zero-order valence-corrected chi connectivity index (χ0v) is 8.46. The summed E-state index contributed by atoms with van der Waals surface area (Å²) in [6.45, 7) is 0. The molecule has 3 aromatic rings. The monoisotopic (exact) mass is 249 g/mol. The van der Waals surface area contributed by atoms with Gasteiger partial charge in [-0.1, -0.05) is 0 Å². The van der Waals surface area contributed by atoms with Crippen molar-refractivity contribution in [3.05, 3.63) is 36.9 Å². The number of nitro groups is 1. The van der Waals surface area contributed by atoms with Crippen molar-refractivity contribution >= 4 is 27.8 Å². The number of benzene rings is 1. The quantitative estimate of drug-likeness (QED) is 0.340. The van der Waals surface area contributed by atoms with Gasteiger partial charge in [0.2, 0.25) is 5.52 Å². The number of hydrogen-bond donors (Lipinski definition) is 2. The van der Waals surface area contributed by atoms with E-state index in [1.54, 1.807) is 0 Å². The van der Waals surface area contributed by atoms with Crippen LogP contribution in [-0.4, -0.2) is 25.2 Å². The van der Waals surface area contributed by atoms with E-state index >= 15 is 0 Å². The van der Waals surface area contributed by atoms with E-state index in [4.69, 9.17) is 0 Å². The Labute approximate surface area is 95.3 Å². The lowest BCUT2D eigenvalue weighted by atomic mass is 10.2. The number of aromatic amines is 2. The van der Waals surface area contributed by atoms with Gasteiger partial charge in [0, 0.05) is 6.07 Å². The average molecular weight is 249 g/mol. The first kappa shape index (κ1) is 10.1. The van der Waals surface area contributed by atoms with Crippen LogP contribution >= 0.6 is 0 Å². The molecule has 0 spiro atoms. The van der Waals surface area contributed by atoms with E-state index in [0.717, 1.165) is 6.07 Å². The number of nitro benzene ring substituents is 1. The van der Waals surface area contributed by atoms with Gasteiger partial charge >= 0.3 is 16.8 Å². The predicted octanol–water partition coefficient (Wildman–Crippen LogP) is -0.339. The Kier molecular flexibility index (Phi) is 1.82. The molecule has 2 N–H and O–H groups in total. The number of rotatable bonds is 1. The van der Waals surface area contributed by atoms with E-state index in [2.05, 4.69) is 24.9 Å². The van der Waals surface area contributed by atoms with E-state index in [0.29, 0.717) is 0 Å². The molecule has 0 aliphatic rings. The Bertz CT molecular complexity index is 904. The molecule has 10 heteroatoms. The van der Waals surface area contributed by atoms with Gasteiger partial charge in [0.05, 0.1) is 16.0 Å². The summed E-state index contributed by atoms with van der Waals surface area (Å²) in [5.41, 5.74) is -2.06. The molecule has 10 nitrogen and oxygen atoms in total. The van der Waals surface area contributed by atoms with Gasteiger partial charge in [-0.05, 0) is 10.3 Å². The van der Waals surface area contributed by atoms with Crippen LogP contribution in [0.1, 0.15) is 0 Å². The lowest BCUT2D eigenvalue weighted by Gasteiger charge is -1.97. The summed E-state index contributed by atoms with van der Waals surface area (Å²) in [7, 11) is 0. The maximum atomic E-state index is 11.2. The van der Waals surface area contributed by atoms with Crippen molar-refractivity contribution in [2.24, 2.45) is 0 Å². The number of hydrogen-bond acceptors (Lipinski definition) is 7. The first-order valence-electron chi connectivity index (χ1n) is 4.64. The summed E-state index contributed by atoms with van der Waals surface area (Å²) in [4.78, 5) is 37.0. The van der Waals surface area contributed by atoms with E-state index in [9.17, 15) is 19.7 Å². The van der Waals surface area contributed by atoms with E-state index in [1.807, 2.05) is 0 Å².